The van der Waals surface area contributed by atoms with Gasteiger partial charge in [0.05, 0.1) is 5.52 Å². The molecule has 0 unspecified atom stereocenters. The minimum Gasteiger partial charge on any atom is -0.663 e. The quantitative estimate of drug-likeness (QED) is 0.168. The van der Waals surface area contributed by atoms with E-state index in [-0.39, 0.29) is 21.1 Å². The van der Waals surface area contributed by atoms with Crippen LogP contribution in [0.25, 0.3) is 83.1 Å². The number of rotatable bonds is 4. The first-order valence-corrected chi connectivity index (χ1v) is 14.7. The van der Waals surface area contributed by atoms with E-state index in [4.69, 9.17) is 15.0 Å². The number of hydrogen-bond acceptors (Lipinski definition) is 2. The van der Waals surface area contributed by atoms with Crippen LogP contribution in [-0.4, -0.2) is 14.5 Å². The van der Waals surface area contributed by atoms with Gasteiger partial charge in [-0.25, -0.2) is 4.98 Å². The van der Waals surface area contributed by atoms with Crippen LogP contribution in [0.15, 0.2) is 146 Å². The molecule has 0 aliphatic carbocycles. The Morgan fingerprint density at radius 3 is 2.22 bits per heavy atom. The molecule has 0 radical (unpaired) electrons. The summed E-state index contributed by atoms with van der Waals surface area (Å²) in [4.78, 5) is 15.0. The fourth-order valence-corrected chi connectivity index (χ4v) is 6.39. The van der Waals surface area contributed by atoms with Crippen LogP contribution in [0.1, 0.15) is 0 Å². The van der Waals surface area contributed by atoms with Crippen LogP contribution < -0.4 is 4.98 Å². The van der Waals surface area contributed by atoms with E-state index in [1.165, 1.54) is 0 Å². The Bertz CT molecular complexity index is 2460. The van der Waals surface area contributed by atoms with E-state index in [1.54, 1.807) is 0 Å². The predicted octanol–water partition coefficient (Wildman–Crippen LogP) is 9.64. The maximum absolute atomic E-state index is 5.23. The van der Waals surface area contributed by atoms with Crippen LogP contribution in [0.5, 0.6) is 0 Å². The fourth-order valence-electron chi connectivity index (χ4n) is 6.39. The van der Waals surface area contributed by atoms with Gasteiger partial charge in [-0.15, -0.1) is 29.3 Å². The molecule has 9 aromatic rings. The summed E-state index contributed by atoms with van der Waals surface area (Å²) in [6.07, 6.45) is 1.84. The van der Waals surface area contributed by atoms with Gasteiger partial charge in [-0.1, -0.05) is 120 Å². The number of hydrogen-bond donors (Lipinski definition) is 0. The summed E-state index contributed by atoms with van der Waals surface area (Å²) < 4.78 is 2.15. The van der Waals surface area contributed by atoms with E-state index in [9.17, 15) is 0 Å². The smallest absolute Gasteiger partial charge is 0.663 e. The van der Waals surface area contributed by atoms with E-state index in [0.717, 1.165) is 83.1 Å². The van der Waals surface area contributed by atoms with Gasteiger partial charge in [0.25, 0.3) is 0 Å². The summed E-state index contributed by atoms with van der Waals surface area (Å²) in [5, 5.41) is 4.58. The van der Waals surface area contributed by atoms with Gasteiger partial charge in [-0.2, -0.15) is 5.52 Å². The largest absolute Gasteiger partial charge is 2.00 e. The van der Waals surface area contributed by atoms with Crippen molar-refractivity contribution in [2.24, 2.45) is 0 Å². The molecule has 0 aliphatic rings. The average Bonchev–Trinajstić information content (AvgIpc) is 3.65. The molecule has 0 spiro atoms. The third-order valence-corrected chi connectivity index (χ3v) is 8.40. The van der Waals surface area contributed by atoms with E-state index in [2.05, 4.69) is 126 Å². The molecule has 9 rings (SSSR count). The van der Waals surface area contributed by atoms with Crippen molar-refractivity contribution in [3.63, 3.8) is 0 Å². The van der Waals surface area contributed by atoms with Gasteiger partial charge in [0.15, 0.2) is 0 Å². The summed E-state index contributed by atoms with van der Waals surface area (Å²) in [5.41, 5.74) is 10.0. The monoisotopic (exact) mass is 755 g/mol. The molecule has 0 N–H and O–H groups in total. The average molecular weight is 756 g/mol. The van der Waals surface area contributed by atoms with Crippen LogP contribution in [0, 0.1) is 6.07 Å². The van der Waals surface area contributed by atoms with Crippen molar-refractivity contribution in [2.75, 3.05) is 0 Å². The third kappa shape index (κ3) is 4.49. The summed E-state index contributed by atoms with van der Waals surface area (Å²) in [5.74, 6) is 0.818. The number of nitrogens with zero attached hydrogens (tertiary/aromatic N) is 4. The Morgan fingerprint density at radius 2 is 1.31 bits per heavy atom. The molecule has 4 aromatic heterocycles. The number of pyridine rings is 2. The topological polar surface area (TPSA) is 44.8 Å². The second-order valence-corrected chi connectivity index (χ2v) is 11.0. The minimum atomic E-state index is 0. The molecule has 4 nitrogen and oxygen atoms in total. The van der Waals surface area contributed by atoms with E-state index in [1.807, 2.05) is 30.5 Å². The fraction of sp³-hybridized carbons (Fsp3) is 0. The van der Waals surface area contributed by atoms with Crippen LogP contribution >= 0.6 is 0 Å². The zero-order valence-corrected chi connectivity index (χ0v) is 26.2. The van der Waals surface area contributed by atoms with Gasteiger partial charge < -0.3 is 4.98 Å². The maximum Gasteiger partial charge on any atom is 2.00 e. The number of para-hydroxylation sites is 3. The Balaban J connectivity index is 0.00000300. The van der Waals surface area contributed by atoms with Crippen LogP contribution in [0.2, 0.25) is 0 Å². The number of fused-ring (bicyclic) bond motifs is 6. The van der Waals surface area contributed by atoms with Crippen LogP contribution in [0.3, 0.4) is 0 Å². The van der Waals surface area contributed by atoms with E-state index in [0.29, 0.717) is 0 Å². The van der Waals surface area contributed by atoms with Gasteiger partial charge in [0.1, 0.15) is 11.5 Å². The van der Waals surface area contributed by atoms with E-state index < -0.39 is 0 Å². The maximum atomic E-state index is 5.23. The van der Waals surface area contributed by atoms with Gasteiger partial charge in [-0.3, -0.25) is 9.55 Å². The van der Waals surface area contributed by atoms with Crippen molar-refractivity contribution in [1.29, 1.82) is 0 Å². The molecule has 214 valence electrons. The molecule has 0 saturated heterocycles. The zero-order valence-electron chi connectivity index (χ0n) is 24.0. The van der Waals surface area contributed by atoms with Crippen LogP contribution in [0.4, 0.5) is 0 Å². The summed E-state index contributed by atoms with van der Waals surface area (Å²) >= 11 is 0. The first-order valence-electron chi connectivity index (χ1n) is 14.7. The zero-order chi connectivity index (χ0) is 29.0. The number of benzene rings is 5. The van der Waals surface area contributed by atoms with Crippen molar-refractivity contribution < 1.29 is 21.1 Å². The van der Waals surface area contributed by atoms with Crippen molar-refractivity contribution in [3.05, 3.63) is 152 Å². The molecule has 45 heavy (non-hydrogen) atoms. The molecule has 0 aliphatic heterocycles. The van der Waals surface area contributed by atoms with Crippen molar-refractivity contribution in [1.82, 2.24) is 19.5 Å². The van der Waals surface area contributed by atoms with Gasteiger partial charge in [-0.05, 0) is 40.6 Å². The predicted molar refractivity (Wildman–Crippen MR) is 180 cm³/mol. The Morgan fingerprint density at radius 1 is 0.578 bits per heavy atom. The molecule has 0 bridgehead atoms. The van der Waals surface area contributed by atoms with Gasteiger partial charge >= 0.3 is 21.1 Å². The number of aromatic nitrogens is 4. The molecule has 0 saturated carbocycles. The minimum absolute atomic E-state index is 0. The second kappa shape index (κ2) is 11.0. The second-order valence-electron chi connectivity index (χ2n) is 11.0. The van der Waals surface area contributed by atoms with E-state index >= 15 is 0 Å². The molecule has 4 heterocycles. The summed E-state index contributed by atoms with van der Waals surface area (Å²) in [6, 6.07) is 52.1. The Hall–Kier alpha value is -5.31. The molecule has 0 fully saturated rings. The standard InChI is InChI=1S/C40H24N4.Pt/c1-2-11-26(12-3-1)27-23-28(30-15-8-16-33-31-13-4-6-18-36(31)43-39(30)33)25-29(24-27)35-19-9-21-38(42-35)44-37-20-7-5-14-32(37)34-17-10-22-41-40(34)44;/h1-24H;/q-2;+2. The molecular formula is C40H24N4Pt. The molecular weight excluding hydrogens is 732 g/mol. The summed E-state index contributed by atoms with van der Waals surface area (Å²) in [7, 11) is 0. The van der Waals surface area contributed by atoms with Crippen molar-refractivity contribution >= 4 is 43.7 Å². The molecule has 5 heteroatoms. The van der Waals surface area contributed by atoms with Crippen LogP contribution in [-0.2, 0) is 21.1 Å². The first-order chi connectivity index (χ1) is 21.8. The van der Waals surface area contributed by atoms with Gasteiger partial charge in [0.2, 0.25) is 0 Å². The summed E-state index contributed by atoms with van der Waals surface area (Å²) in [6.45, 7) is 0. The van der Waals surface area contributed by atoms with Gasteiger partial charge in [0, 0.05) is 22.7 Å². The van der Waals surface area contributed by atoms with Crippen molar-refractivity contribution in [2.45, 2.75) is 0 Å². The van der Waals surface area contributed by atoms with Crippen molar-refractivity contribution in [3.8, 4) is 39.3 Å². The molecule has 0 atom stereocenters. The normalized spacial score (nSPS) is 11.4. The molecule has 0 amide bonds. The SMILES string of the molecule is [Pt+2].[c-]1c(-c2cccc(-n3c4ccccc4c4cccnc43)n2)cc(-c2ccccc2)cc1-c1cccc2c1[n-]c1ccccc12. The third-order valence-electron chi connectivity index (χ3n) is 8.40. The molecule has 5 aromatic carbocycles. The Labute approximate surface area is 274 Å². The first kappa shape index (κ1) is 27.3. The Kier molecular flexibility index (Phi) is 6.66.